The number of unbranched alkanes of at least 4 members (excludes halogenated alkanes) is 1. The van der Waals surface area contributed by atoms with Crippen molar-refractivity contribution in [3.63, 3.8) is 0 Å². The fourth-order valence-electron chi connectivity index (χ4n) is 1.22. The lowest BCUT2D eigenvalue weighted by Crippen LogP contribution is -2.03. The Labute approximate surface area is 79.3 Å². The van der Waals surface area contributed by atoms with Crippen molar-refractivity contribution in [2.24, 2.45) is 5.92 Å². The first-order valence-corrected chi connectivity index (χ1v) is 4.93. The zero-order valence-electron chi connectivity index (χ0n) is 8.69. The van der Waals surface area contributed by atoms with Crippen LogP contribution in [-0.2, 0) is 6.54 Å². The van der Waals surface area contributed by atoms with Crippen molar-refractivity contribution in [2.45, 2.75) is 46.6 Å². The highest BCUT2D eigenvalue weighted by molar-refractivity contribution is 4.66. The maximum atomic E-state index is 4.12. The maximum Gasteiger partial charge on any atom is 0.171 e. The van der Waals surface area contributed by atoms with Gasteiger partial charge in [-0.25, -0.2) is 0 Å². The van der Waals surface area contributed by atoms with Crippen molar-refractivity contribution in [3.8, 4) is 0 Å². The van der Waals surface area contributed by atoms with Gasteiger partial charge in [0.15, 0.2) is 5.82 Å². The van der Waals surface area contributed by atoms with E-state index in [4.69, 9.17) is 0 Å². The third-order valence-corrected chi connectivity index (χ3v) is 1.94. The van der Waals surface area contributed by atoms with Crippen molar-refractivity contribution in [1.29, 1.82) is 0 Å². The van der Waals surface area contributed by atoms with E-state index >= 15 is 0 Å². The molecule has 0 aliphatic rings. The van der Waals surface area contributed by atoms with Crippen LogP contribution in [0.2, 0.25) is 0 Å². The number of tetrazole rings is 1. The van der Waals surface area contributed by atoms with Crippen molar-refractivity contribution in [3.05, 3.63) is 5.82 Å². The molecule has 1 aromatic heterocycles. The smallest absolute Gasteiger partial charge is 0.164 e. The first-order valence-electron chi connectivity index (χ1n) is 4.93. The third kappa shape index (κ3) is 4.01. The van der Waals surface area contributed by atoms with Crippen molar-refractivity contribution >= 4 is 0 Å². The molecule has 0 unspecified atom stereocenters. The minimum Gasteiger partial charge on any atom is -0.164 e. The molecule has 1 rings (SSSR count). The van der Waals surface area contributed by atoms with Crippen LogP contribution in [0.25, 0.3) is 0 Å². The van der Waals surface area contributed by atoms with Gasteiger partial charge in [-0.2, -0.15) is 4.80 Å². The van der Waals surface area contributed by atoms with Gasteiger partial charge in [-0.1, -0.05) is 26.7 Å². The molecule has 1 heterocycles. The molecule has 0 saturated heterocycles. The molecular formula is C9H18N4. The summed E-state index contributed by atoms with van der Waals surface area (Å²) in [7, 11) is 0. The monoisotopic (exact) mass is 182 g/mol. The van der Waals surface area contributed by atoms with Crippen LogP contribution in [0.1, 0.15) is 38.9 Å². The summed E-state index contributed by atoms with van der Waals surface area (Å²) in [4.78, 5) is 1.68. The molecule has 0 amide bonds. The molecule has 0 N–H and O–H groups in total. The normalized spacial score (nSPS) is 11.1. The Hall–Kier alpha value is -0.930. The lowest BCUT2D eigenvalue weighted by atomic mass is 10.1. The second kappa shape index (κ2) is 4.94. The minimum absolute atomic E-state index is 0.754. The molecule has 0 aliphatic heterocycles. The standard InChI is InChI=1S/C9H18N4/c1-8(2)6-4-5-7-13-11-9(3)10-12-13/h8H,4-7H2,1-3H3. The van der Waals surface area contributed by atoms with E-state index in [0.29, 0.717) is 0 Å². The van der Waals surface area contributed by atoms with Gasteiger partial charge in [-0.15, -0.1) is 10.2 Å². The molecular weight excluding hydrogens is 164 g/mol. The topological polar surface area (TPSA) is 43.6 Å². The molecule has 0 aliphatic carbocycles. The van der Waals surface area contributed by atoms with Gasteiger partial charge in [0.05, 0.1) is 6.54 Å². The molecule has 0 fully saturated rings. The molecule has 0 atom stereocenters. The summed E-state index contributed by atoms with van der Waals surface area (Å²) in [5.41, 5.74) is 0. The molecule has 13 heavy (non-hydrogen) atoms. The average molecular weight is 182 g/mol. The molecule has 0 bridgehead atoms. The summed E-state index contributed by atoms with van der Waals surface area (Å²) in [5, 5.41) is 11.8. The molecule has 4 heteroatoms. The summed E-state index contributed by atoms with van der Waals surface area (Å²) >= 11 is 0. The van der Waals surface area contributed by atoms with Gasteiger partial charge in [-0.05, 0) is 24.5 Å². The van der Waals surface area contributed by atoms with E-state index in [1.54, 1.807) is 4.80 Å². The van der Waals surface area contributed by atoms with Crippen LogP contribution in [-0.4, -0.2) is 20.2 Å². The largest absolute Gasteiger partial charge is 0.171 e. The predicted octanol–water partition coefficient (Wildman–Crippen LogP) is 1.81. The average Bonchev–Trinajstić information content (AvgIpc) is 2.45. The van der Waals surface area contributed by atoms with Gasteiger partial charge in [-0.3, -0.25) is 0 Å². The van der Waals surface area contributed by atoms with E-state index in [-0.39, 0.29) is 0 Å². The number of aromatic nitrogens is 4. The Morgan fingerprint density at radius 2 is 2.08 bits per heavy atom. The number of hydrogen-bond donors (Lipinski definition) is 0. The first-order chi connectivity index (χ1) is 6.18. The molecule has 1 aromatic rings. The predicted molar refractivity (Wildman–Crippen MR) is 51.2 cm³/mol. The summed E-state index contributed by atoms with van der Waals surface area (Å²) < 4.78 is 0. The highest BCUT2D eigenvalue weighted by Crippen LogP contribution is 2.06. The van der Waals surface area contributed by atoms with E-state index in [0.717, 1.165) is 24.7 Å². The second-order valence-corrected chi connectivity index (χ2v) is 3.82. The SMILES string of the molecule is Cc1nnn(CCCCC(C)C)n1. The number of rotatable bonds is 5. The van der Waals surface area contributed by atoms with Crippen LogP contribution < -0.4 is 0 Å². The van der Waals surface area contributed by atoms with Crippen molar-refractivity contribution in [2.75, 3.05) is 0 Å². The Bertz CT molecular complexity index is 242. The summed E-state index contributed by atoms with van der Waals surface area (Å²) in [6.45, 7) is 7.25. The van der Waals surface area contributed by atoms with Gasteiger partial charge in [0, 0.05) is 0 Å². The van der Waals surface area contributed by atoms with Gasteiger partial charge in [0.1, 0.15) is 0 Å². The van der Waals surface area contributed by atoms with Crippen molar-refractivity contribution in [1.82, 2.24) is 20.2 Å². The molecule has 0 radical (unpaired) electrons. The number of aryl methyl sites for hydroxylation is 2. The van der Waals surface area contributed by atoms with E-state index < -0.39 is 0 Å². The van der Waals surface area contributed by atoms with Gasteiger partial charge >= 0.3 is 0 Å². The quantitative estimate of drug-likeness (QED) is 0.652. The number of nitrogens with zero attached hydrogens (tertiary/aromatic N) is 4. The Balaban J connectivity index is 2.13. The van der Waals surface area contributed by atoms with Gasteiger partial charge in [0.25, 0.3) is 0 Å². The minimum atomic E-state index is 0.754. The van der Waals surface area contributed by atoms with Gasteiger partial charge < -0.3 is 0 Å². The molecule has 74 valence electrons. The molecule has 0 spiro atoms. The van der Waals surface area contributed by atoms with Crippen LogP contribution in [0.5, 0.6) is 0 Å². The molecule has 0 aromatic carbocycles. The zero-order chi connectivity index (χ0) is 9.68. The summed E-state index contributed by atoms with van der Waals surface area (Å²) in [6, 6.07) is 0. The van der Waals surface area contributed by atoms with Crippen LogP contribution >= 0.6 is 0 Å². The lowest BCUT2D eigenvalue weighted by Gasteiger charge is -2.02. The third-order valence-electron chi connectivity index (χ3n) is 1.94. The summed E-state index contributed by atoms with van der Waals surface area (Å²) in [6.07, 6.45) is 3.68. The summed E-state index contributed by atoms with van der Waals surface area (Å²) in [5.74, 6) is 1.55. The van der Waals surface area contributed by atoms with E-state index in [1.807, 2.05) is 6.92 Å². The Kier molecular flexibility index (Phi) is 3.86. The van der Waals surface area contributed by atoms with Crippen LogP contribution in [0.4, 0.5) is 0 Å². The second-order valence-electron chi connectivity index (χ2n) is 3.82. The highest BCUT2D eigenvalue weighted by atomic mass is 15.6. The van der Waals surface area contributed by atoms with Crippen LogP contribution in [0, 0.1) is 12.8 Å². The Morgan fingerprint density at radius 1 is 1.31 bits per heavy atom. The van der Waals surface area contributed by atoms with E-state index in [2.05, 4.69) is 29.3 Å². The highest BCUT2D eigenvalue weighted by Gasteiger charge is 1.98. The van der Waals surface area contributed by atoms with Crippen LogP contribution in [0.15, 0.2) is 0 Å². The fourth-order valence-corrected chi connectivity index (χ4v) is 1.22. The van der Waals surface area contributed by atoms with E-state index in [9.17, 15) is 0 Å². The molecule has 0 saturated carbocycles. The van der Waals surface area contributed by atoms with Gasteiger partial charge in [0.2, 0.25) is 0 Å². The lowest BCUT2D eigenvalue weighted by molar-refractivity contribution is 0.455. The van der Waals surface area contributed by atoms with Crippen molar-refractivity contribution < 1.29 is 0 Å². The number of hydrogen-bond acceptors (Lipinski definition) is 3. The maximum absolute atomic E-state index is 4.12. The fraction of sp³-hybridized carbons (Fsp3) is 0.889. The Morgan fingerprint density at radius 3 is 2.62 bits per heavy atom. The van der Waals surface area contributed by atoms with E-state index in [1.165, 1.54) is 12.8 Å². The van der Waals surface area contributed by atoms with Crippen LogP contribution in [0.3, 0.4) is 0 Å². The molecule has 4 nitrogen and oxygen atoms in total. The first kappa shape index (κ1) is 10.2. The zero-order valence-corrected chi connectivity index (χ0v) is 8.69.